The third-order valence-electron chi connectivity index (χ3n) is 3.46. The minimum Gasteiger partial charge on any atom is -0.489 e. The van der Waals surface area contributed by atoms with Gasteiger partial charge in [0.05, 0.1) is 24.8 Å². The maximum atomic E-state index is 12.1. The van der Waals surface area contributed by atoms with Gasteiger partial charge in [-0.05, 0) is 38.5 Å². The van der Waals surface area contributed by atoms with Crippen LogP contribution in [-0.4, -0.2) is 24.5 Å². The lowest BCUT2D eigenvalue weighted by molar-refractivity contribution is -0.123. The zero-order valence-electron chi connectivity index (χ0n) is 14.8. The molecular weight excluding hydrogens is 316 g/mol. The Labute approximate surface area is 148 Å². The number of benzene rings is 2. The van der Waals surface area contributed by atoms with Crippen LogP contribution in [-0.2, 0) is 16.0 Å². The minimum atomic E-state index is -0.294. The van der Waals surface area contributed by atoms with Gasteiger partial charge in [0.15, 0.2) is 0 Å². The lowest BCUT2D eigenvalue weighted by atomic mass is 10.1. The van der Waals surface area contributed by atoms with Gasteiger partial charge in [-0.15, -0.1) is 0 Å². The Balaban J connectivity index is 1.84. The first-order valence-corrected chi connectivity index (χ1v) is 8.32. The molecule has 25 heavy (non-hydrogen) atoms. The number of para-hydroxylation sites is 2. The Bertz CT molecular complexity index is 724. The zero-order valence-corrected chi connectivity index (χ0v) is 14.8. The Kier molecular flexibility index (Phi) is 6.57. The van der Waals surface area contributed by atoms with Crippen molar-refractivity contribution in [3.8, 4) is 5.75 Å². The molecule has 5 nitrogen and oxygen atoms in total. The number of hydrogen-bond acceptors (Lipinski definition) is 3. The van der Waals surface area contributed by atoms with Crippen molar-refractivity contribution in [1.82, 2.24) is 5.32 Å². The first-order valence-electron chi connectivity index (χ1n) is 8.32. The van der Waals surface area contributed by atoms with E-state index >= 15 is 0 Å². The van der Waals surface area contributed by atoms with E-state index in [4.69, 9.17) is 4.74 Å². The molecule has 5 heteroatoms. The summed E-state index contributed by atoms with van der Waals surface area (Å²) in [5.41, 5.74) is 2.65. The van der Waals surface area contributed by atoms with E-state index in [1.165, 1.54) is 0 Å². The highest BCUT2D eigenvalue weighted by atomic mass is 16.5. The Hall–Kier alpha value is -2.82. The molecule has 0 unspecified atom stereocenters. The van der Waals surface area contributed by atoms with Crippen molar-refractivity contribution >= 4 is 17.5 Å². The van der Waals surface area contributed by atoms with Crippen molar-refractivity contribution in [2.24, 2.45) is 0 Å². The number of nitrogens with one attached hydrogen (secondary N) is 2. The molecule has 0 aliphatic heterocycles. The van der Waals surface area contributed by atoms with Crippen molar-refractivity contribution < 1.29 is 14.3 Å². The van der Waals surface area contributed by atoms with Gasteiger partial charge in [0, 0.05) is 0 Å². The standard InChI is InChI=1S/C20H24N2O3/c1-14(2)25-18-7-5-4-6-17(18)22-20(24)13-21-19(23)12-16-10-8-15(3)9-11-16/h4-11,14H,12-13H2,1-3H3,(H,21,23)(H,22,24). The second-order valence-corrected chi connectivity index (χ2v) is 6.15. The number of carbonyl (C=O) groups is 2. The molecule has 0 aliphatic carbocycles. The molecule has 0 saturated carbocycles. The second kappa shape index (κ2) is 8.87. The van der Waals surface area contributed by atoms with E-state index < -0.39 is 0 Å². The first-order chi connectivity index (χ1) is 11.9. The average Bonchev–Trinajstić information content (AvgIpc) is 2.56. The molecule has 2 aromatic rings. The van der Waals surface area contributed by atoms with Gasteiger partial charge in [0.2, 0.25) is 11.8 Å². The van der Waals surface area contributed by atoms with Gasteiger partial charge >= 0.3 is 0 Å². The van der Waals surface area contributed by atoms with Crippen molar-refractivity contribution in [1.29, 1.82) is 0 Å². The number of anilines is 1. The maximum absolute atomic E-state index is 12.1. The zero-order chi connectivity index (χ0) is 18.2. The van der Waals surface area contributed by atoms with Crippen LogP contribution in [0.4, 0.5) is 5.69 Å². The molecule has 0 heterocycles. The molecule has 2 amide bonds. The van der Waals surface area contributed by atoms with E-state index in [0.717, 1.165) is 11.1 Å². The van der Waals surface area contributed by atoms with Gasteiger partial charge in [-0.1, -0.05) is 42.0 Å². The van der Waals surface area contributed by atoms with Crippen LogP contribution in [0.25, 0.3) is 0 Å². The highest BCUT2D eigenvalue weighted by molar-refractivity contribution is 5.95. The van der Waals surface area contributed by atoms with Crippen LogP contribution in [0.2, 0.25) is 0 Å². The van der Waals surface area contributed by atoms with Crippen LogP contribution in [0.15, 0.2) is 48.5 Å². The summed E-state index contributed by atoms with van der Waals surface area (Å²) in [6.07, 6.45) is 0.257. The van der Waals surface area contributed by atoms with E-state index in [2.05, 4.69) is 10.6 Å². The maximum Gasteiger partial charge on any atom is 0.243 e. The smallest absolute Gasteiger partial charge is 0.243 e. The normalized spacial score (nSPS) is 10.4. The van der Waals surface area contributed by atoms with Gasteiger partial charge < -0.3 is 15.4 Å². The lowest BCUT2D eigenvalue weighted by Gasteiger charge is -2.15. The summed E-state index contributed by atoms with van der Waals surface area (Å²) < 4.78 is 5.66. The van der Waals surface area contributed by atoms with E-state index in [-0.39, 0.29) is 30.9 Å². The summed E-state index contributed by atoms with van der Waals surface area (Å²) in [7, 11) is 0. The molecule has 0 radical (unpaired) electrons. The van der Waals surface area contributed by atoms with Crippen molar-refractivity contribution in [3.05, 3.63) is 59.7 Å². The fourth-order valence-corrected chi connectivity index (χ4v) is 2.25. The molecule has 0 fully saturated rings. The van der Waals surface area contributed by atoms with Crippen LogP contribution in [0.5, 0.6) is 5.75 Å². The van der Waals surface area contributed by atoms with Gasteiger partial charge in [-0.25, -0.2) is 0 Å². The molecule has 2 N–H and O–H groups in total. The molecule has 0 aromatic heterocycles. The van der Waals surface area contributed by atoms with Gasteiger partial charge in [0.25, 0.3) is 0 Å². The third-order valence-corrected chi connectivity index (χ3v) is 3.46. The lowest BCUT2D eigenvalue weighted by Crippen LogP contribution is -2.33. The molecule has 2 rings (SSSR count). The molecular formula is C20H24N2O3. The van der Waals surface area contributed by atoms with E-state index in [1.807, 2.05) is 57.2 Å². The van der Waals surface area contributed by atoms with Gasteiger partial charge in [-0.2, -0.15) is 0 Å². The number of rotatable bonds is 7. The highest BCUT2D eigenvalue weighted by Crippen LogP contribution is 2.24. The van der Waals surface area contributed by atoms with Crippen molar-refractivity contribution in [2.75, 3.05) is 11.9 Å². The van der Waals surface area contributed by atoms with Crippen molar-refractivity contribution in [3.63, 3.8) is 0 Å². The molecule has 132 valence electrons. The minimum absolute atomic E-state index is 0.00673. The second-order valence-electron chi connectivity index (χ2n) is 6.15. The van der Waals surface area contributed by atoms with Gasteiger partial charge in [-0.3, -0.25) is 9.59 Å². The summed E-state index contributed by atoms with van der Waals surface area (Å²) in [5.74, 6) is 0.125. The number of ether oxygens (including phenoxy) is 1. The van der Waals surface area contributed by atoms with Crippen LogP contribution in [0.1, 0.15) is 25.0 Å². The Morgan fingerprint density at radius 3 is 2.36 bits per heavy atom. The summed E-state index contributed by atoms with van der Waals surface area (Å²) in [5, 5.41) is 5.40. The van der Waals surface area contributed by atoms with E-state index in [0.29, 0.717) is 11.4 Å². The predicted molar refractivity (Wildman–Crippen MR) is 98.7 cm³/mol. The number of hydrogen-bond donors (Lipinski definition) is 2. The van der Waals surface area contributed by atoms with Crippen LogP contribution in [0, 0.1) is 6.92 Å². The Morgan fingerprint density at radius 2 is 1.68 bits per heavy atom. The van der Waals surface area contributed by atoms with E-state index in [1.54, 1.807) is 12.1 Å². The van der Waals surface area contributed by atoms with Crippen LogP contribution >= 0.6 is 0 Å². The fourth-order valence-electron chi connectivity index (χ4n) is 2.25. The summed E-state index contributed by atoms with van der Waals surface area (Å²) in [6.45, 7) is 5.75. The molecule has 0 spiro atoms. The molecule has 0 bridgehead atoms. The third kappa shape index (κ3) is 6.30. The topological polar surface area (TPSA) is 67.4 Å². The summed E-state index contributed by atoms with van der Waals surface area (Å²) in [6, 6.07) is 15.0. The SMILES string of the molecule is Cc1ccc(CC(=O)NCC(=O)Nc2ccccc2OC(C)C)cc1. The van der Waals surface area contributed by atoms with Gasteiger partial charge in [0.1, 0.15) is 5.75 Å². The fraction of sp³-hybridized carbons (Fsp3) is 0.300. The van der Waals surface area contributed by atoms with E-state index in [9.17, 15) is 9.59 Å². The quantitative estimate of drug-likeness (QED) is 0.814. The average molecular weight is 340 g/mol. The summed E-state index contributed by atoms with van der Waals surface area (Å²) in [4.78, 5) is 24.0. The van der Waals surface area contributed by atoms with Crippen LogP contribution < -0.4 is 15.4 Å². The molecule has 0 atom stereocenters. The number of amides is 2. The number of aryl methyl sites for hydroxylation is 1. The number of carbonyl (C=O) groups excluding carboxylic acids is 2. The molecule has 2 aromatic carbocycles. The molecule has 0 saturated heterocycles. The van der Waals surface area contributed by atoms with Crippen molar-refractivity contribution in [2.45, 2.75) is 33.3 Å². The predicted octanol–water partition coefficient (Wildman–Crippen LogP) is 3.08. The molecule has 0 aliphatic rings. The largest absolute Gasteiger partial charge is 0.489 e. The first kappa shape index (κ1) is 18.5. The Morgan fingerprint density at radius 1 is 1.00 bits per heavy atom. The van der Waals surface area contributed by atoms with Crippen LogP contribution in [0.3, 0.4) is 0 Å². The monoisotopic (exact) mass is 340 g/mol. The summed E-state index contributed by atoms with van der Waals surface area (Å²) >= 11 is 0. The highest BCUT2D eigenvalue weighted by Gasteiger charge is 2.10.